The number of para-hydroxylation sites is 1. The van der Waals surface area contributed by atoms with Crippen LogP contribution in [0.5, 0.6) is 0 Å². The molecule has 0 bridgehead atoms. The van der Waals surface area contributed by atoms with Gasteiger partial charge in [0, 0.05) is 17.0 Å². The van der Waals surface area contributed by atoms with Crippen molar-refractivity contribution < 1.29 is 22.7 Å². The normalized spacial score (nSPS) is 13.4. The molecule has 0 aliphatic carbocycles. The molecule has 1 aliphatic heterocycles. The van der Waals surface area contributed by atoms with Crippen molar-refractivity contribution >= 4 is 43.9 Å². The van der Waals surface area contributed by atoms with Crippen LogP contribution >= 0.6 is 11.3 Å². The molecule has 172 valence electrons. The SMILES string of the molecule is COC(=O)c1c(NC(=O)c2ccc(S(=O)(=O)N3CCCc4ccccc43)cc2)sc(C)c1C. The molecule has 7 nitrogen and oxygen atoms in total. The number of benzene rings is 2. The zero-order valence-corrected chi connectivity index (χ0v) is 20.2. The molecule has 33 heavy (non-hydrogen) atoms. The van der Waals surface area contributed by atoms with Crippen molar-refractivity contribution in [1.82, 2.24) is 0 Å². The molecule has 0 unspecified atom stereocenters. The highest BCUT2D eigenvalue weighted by Gasteiger charge is 2.29. The smallest absolute Gasteiger partial charge is 0.341 e. The third-order valence-electron chi connectivity index (χ3n) is 5.77. The van der Waals surface area contributed by atoms with Gasteiger partial charge in [0.1, 0.15) is 5.00 Å². The number of carbonyl (C=O) groups is 2. The van der Waals surface area contributed by atoms with E-state index < -0.39 is 21.9 Å². The maximum absolute atomic E-state index is 13.3. The summed E-state index contributed by atoms with van der Waals surface area (Å²) in [5.41, 5.74) is 3.07. The molecule has 9 heteroatoms. The Kier molecular flexibility index (Phi) is 6.27. The second-order valence-electron chi connectivity index (χ2n) is 7.77. The third-order valence-corrected chi connectivity index (χ3v) is 8.72. The molecule has 0 saturated heterocycles. The fourth-order valence-corrected chi connectivity index (χ4v) is 6.48. The lowest BCUT2D eigenvalue weighted by Crippen LogP contribution is -2.35. The standard InChI is InChI=1S/C24H24N2O5S2/c1-15-16(2)32-23(21(15)24(28)31-3)25-22(27)18-10-12-19(13-11-18)33(29,30)26-14-6-8-17-7-4-5-9-20(17)26/h4-5,7,9-13H,6,8,14H2,1-3H3,(H,25,27). The maximum Gasteiger partial charge on any atom is 0.341 e. The molecule has 4 rings (SSSR count). The Morgan fingerprint density at radius 1 is 1.06 bits per heavy atom. The van der Waals surface area contributed by atoms with E-state index >= 15 is 0 Å². The topological polar surface area (TPSA) is 92.8 Å². The van der Waals surface area contributed by atoms with Crippen LogP contribution in [0.3, 0.4) is 0 Å². The summed E-state index contributed by atoms with van der Waals surface area (Å²) in [6.07, 6.45) is 1.59. The zero-order valence-electron chi connectivity index (χ0n) is 18.5. The van der Waals surface area contributed by atoms with Gasteiger partial charge in [-0.1, -0.05) is 18.2 Å². The van der Waals surface area contributed by atoms with Gasteiger partial charge in [0.15, 0.2) is 0 Å². The van der Waals surface area contributed by atoms with Crippen molar-refractivity contribution in [2.45, 2.75) is 31.6 Å². The highest BCUT2D eigenvalue weighted by atomic mass is 32.2. The number of carbonyl (C=O) groups excluding carboxylic acids is 2. The molecule has 0 fully saturated rings. The molecule has 0 atom stereocenters. The minimum absolute atomic E-state index is 0.119. The molecule has 2 aromatic carbocycles. The summed E-state index contributed by atoms with van der Waals surface area (Å²) in [7, 11) is -2.47. The molecule has 0 radical (unpaired) electrons. The number of hydrogen-bond acceptors (Lipinski definition) is 6. The van der Waals surface area contributed by atoms with E-state index in [4.69, 9.17) is 4.74 Å². The quantitative estimate of drug-likeness (QED) is 0.537. The van der Waals surface area contributed by atoms with Gasteiger partial charge in [0.25, 0.3) is 15.9 Å². The number of esters is 1. The van der Waals surface area contributed by atoms with Gasteiger partial charge in [0.2, 0.25) is 0 Å². The average Bonchev–Trinajstić information content (AvgIpc) is 3.10. The third kappa shape index (κ3) is 4.26. The Balaban J connectivity index is 1.58. The van der Waals surface area contributed by atoms with E-state index in [9.17, 15) is 18.0 Å². The molecular weight excluding hydrogens is 460 g/mol. The van der Waals surface area contributed by atoms with Crippen molar-refractivity contribution in [1.29, 1.82) is 0 Å². The van der Waals surface area contributed by atoms with Gasteiger partial charge in [-0.25, -0.2) is 13.2 Å². The Bertz CT molecular complexity index is 1330. The fourth-order valence-electron chi connectivity index (χ4n) is 3.89. The van der Waals surface area contributed by atoms with E-state index in [0.29, 0.717) is 22.8 Å². The number of thiophene rings is 1. The maximum atomic E-state index is 13.3. The summed E-state index contributed by atoms with van der Waals surface area (Å²) in [5.74, 6) is -0.955. The summed E-state index contributed by atoms with van der Waals surface area (Å²) >= 11 is 1.29. The van der Waals surface area contributed by atoms with E-state index in [2.05, 4.69) is 5.32 Å². The van der Waals surface area contributed by atoms with Crippen molar-refractivity contribution in [3.63, 3.8) is 0 Å². The lowest BCUT2D eigenvalue weighted by Gasteiger charge is -2.30. The minimum Gasteiger partial charge on any atom is -0.465 e. The number of fused-ring (bicyclic) bond motifs is 1. The molecule has 0 saturated carbocycles. The van der Waals surface area contributed by atoms with Crippen molar-refractivity contribution in [2.24, 2.45) is 0 Å². The van der Waals surface area contributed by atoms with Crippen LogP contribution in [0, 0.1) is 13.8 Å². The number of anilines is 2. The number of methoxy groups -OCH3 is 1. The molecule has 1 N–H and O–H groups in total. The predicted octanol–water partition coefficient (Wildman–Crippen LogP) is 4.55. The van der Waals surface area contributed by atoms with E-state index in [-0.39, 0.29) is 10.5 Å². The molecule has 3 aromatic rings. The Morgan fingerprint density at radius 2 is 1.76 bits per heavy atom. The number of ether oxygens (including phenoxy) is 1. The Labute approximate surface area is 197 Å². The van der Waals surface area contributed by atoms with Crippen molar-refractivity contribution in [3.05, 3.63) is 75.7 Å². The molecule has 2 heterocycles. The van der Waals surface area contributed by atoms with Crippen molar-refractivity contribution in [2.75, 3.05) is 23.3 Å². The first kappa shape index (κ1) is 23.0. The predicted molar refractivity (Wildman–Crippen MR) is 129 cm³/mol. The number of hydrogen-bond donors (Lipinski definition) is 1. The van der Waals surface area contributed by atoms with Crippen LogP contribution in [0.15, 0.2) is 53.4 Å². The van der Waals surface area contributed by atoms with Gasteiger partial charge in [-0.2, -0.15) is 0 Å². The zero-order chi connectivity index (χ0) is 23.8. The monoisotopic (exact) mass is 484 g/mol. The van der Waals surface area contributed by atoms with E-state index in [0.717, 1.165) is 28.8 Å². The number of amides is 1. The molecule has 1 aromatic heterocycles. The first-order valence-electron chi connectivity index (χ1n) is 10.4. The Morgan fingerprint density at radius 3 is 2.45 bits per heavy atom. The van der Waals surface area contributed by atoms with Crippen LogP contribution in [-0.4, -0.2) is 33.9 Å². The van der Waals surface area contributed by atoms with Gasteiger partial charge < -0.3 is 10.1 Å². The van der Waals surface area contributed by atoms with Crippen molar-refractivity contribution in [3.8, 4) is 0 Å². The van der Waals surface area contributed by atoms with Crippen LogP contribution in [0.1, 0.15) is 43.1 Å². The lowest BCUT2D eigenvalue weighted by molar-refractivity contribution is 0.0601. The van der Waals surface area contributed by atoms with Gasteiger partial charge in [-0.05, 0) is 68.1 Å². The summed E-state index contributed by atoms with van der Waals surface area (Å²) in [5, 5.41) is 3.16. The number of aryl methyl sites for hydroxylation is 2. The highest BCUT2D eigenvalue weighted by molar-refractivity contribution is 7.92. The highest BCUT2D eigenvalue weighted by Crippen LogP contribution is 2.34. The molecule has 1 aliphatic rings. The van der Waals surface area contributed by atoms with Gasteiger partial charge in [-0.15, -0.1) is 11.3 Å². The van der Waals surface area contributed by atoms with Crippen LogP contribution in [0.2, 0.25) is 0 Å². The summed E-state index contributed by atoms with van der Waals surface area (Å²) in [4.78, 5) is 26.0. The number of rotatable bonds is 5. The fraction of sp³-hybridized carbons (Fsp3) is 0.250. The lowest BCUT2D eigenvalue weighted by atomic mass is 10.0. The molecule has 0 spiro atoms. The van der Waals surface area contributed by atoms with Gasteiger partial charge >= 0.3 is 5.97 Å². The van der Waals surface area contributed by atoms with Gasteiger partial charge in [0.05, 0.1) is 23.3 Å². The van der Waals surface area contributed by atoms with Crippen LogP contribution in [-0.2, 0) is 21.2 Å². The number of nitrogens with one attached hydrogen (secondary N) is 1. The summed E-state index contributed by atoms with van der Waals surface area (Å²) in [6.45, 7) is 4.07. The van der Waals surface area contributed by atoms with E-state index in [1.165, 1.54) is 47.0 Å². The number of nitrogens with zero attached hydrogens (tertiary/aromatic N) is 1. The second kappa shape index (κ2) is 8.99. The molecular formula is C24H24N2O5S2. The van der Waals surface area contributed by atoms with Crippen LogP contribution < -0.4 is 9.62 Å². The Hall–Kier alpha value is -3.17. The minimum atomic E-state index is -3.76. The van der Waals surface area contributed by atoms with Crippen LogP contribution in [0.25, 0.3) is 0 Å². The van der Waals surface area contributed by atoms with E-state index in [1.807, 2.05) is 31.2 Å². The largest absolute Gasteiger partial charge is 0.465 e. The summed E-state index contributed by atoms with van der Waals surface area (Å²) in [6, 6.07) is 13.3. The van der Waals surface area contributed by atoms with E-state index in [1.54, 1.807) is 6.92 Å². The first-order chi connectivity index (χ1) is 15.7. The molecule has 1 amide bonds. The number of sulfonamides is 1. The summed E-state index contributed by atoms with van der Waals surface area (Å²) < 4.78 is 32.9. The first-order valence-corrected chi connectivity index (χ1v) is 12.7. The van der Waals surface area contributed by atoms with Crippen LogP contribution in [0.4, 0.5) is 10.7 Å². The second-order valence-corrected chi connectivity index (χ2v) is 10.9. The van der Waals surface area contributed by atoms with Gasteiger partial charge in [-0.3, -0.25) is 9.10 Å². The average molecular weight is 485 g/mol.